The number of hydrogen-bond acceptors (Lipinski definition) is 1. The van der Waals surface area contributed by atoms with Crippen molar-refractivity contribution in [3.05, 3.63) is 33.3 Å². The molecule has 20 heavy (non-hydrogen) atoms. The van der Waals surface area contributed by atoms with Crippen LogP contribution in [0.3, 0.4) is 0 Å². The number of carbonyl (C=O) groups excluding carboxylic acids is 1. The number of halogens is 2. The van der Waals surface area contributed by atoms with E-state index in [-0.39, 0.29) is 5.91 Å². The zero-order chi connectivity index (χ0) is 14.5. The Labute approximate surface area is 134 Å². The van der Waals surface area contributed by atoms with E-state index in [9.17, 15) is 4.79 Å². The van der Waals surface area contributed by atoms with Gasteiger partial charge in [-0.05, 0) is 53.2 Å². The molecule has 2 nitrogen and oxygen atoms in total. The van der Waals surface area contributed by atoms with Gasteiger partial charge >= 0.3 is 0 Å². The number of carbonyl (C=O) groups is 1. The topological polar surface area (TPSA) is 20.3 Å². The van der Waals surface area contributed by atoms with Crippen molar-refractivity contribution >= 4 is 33.4 Å². The van der Waals surface area contributed by atoms with E-state index in [2.05, 4.69) is 22.9 Å². The summed E-state index contributed by atoms with van der Waals surface area (Å²) in [5.41, 5.74) is 0.606. The Kier molecular flexibility index (Phi) is 5.91. The van der Waals surface area contributed by atoms with Crippen LogP contribution in [0.15, 0.2) is 22.7 Å². The van der Waals surface area contributed by atoms with Crippen LogP contribution < -0.4 is 0 Å². The fourth-order valence-electron chi connectivity index (χ4n) is 2.90. The van der Waals surface area contributed by atoms with Gasteiger partial charge < -0.3 is 4.90 Å². The minimum atomic E-state index is 0.0634. The van der Waals surface area contributed by atoms with Crippen molar-refractivity contribution in [1.29, 1.82) is 0 Å². The van der Waals surface area contributed by atoms with Gasteiger partial charge in [0, 0.05) is 17.6 Å². The van der Waals surface area contributed by atoms with Crippen molar-refractivity contribution < 1.29 is 4.79 Å². The lowest BCUT2D eigenvalue weighted by molar-refractivity contribution is 0.0760. The smallest absolute Gasteiger partial charge is 0.255 e. The molecule has 1 amide bonds. The van der Waals surface area contributed by atoms with E-state index in [4.69, 9.17) is 11.6 Å². The van der Waals surface area contributed by atoms with Gasteiger partial charge in [0.15, 0.2) is 0 Å². The summed E-state index contributed by atoms with van der Waals surface area (Å²) in [5.74, 6) is 0.837. The molecule has 2 rings (SSSR count). The molecule has 1 aliphatic rings. The van der Waals surface area contributed by atoms with E-state index >= 15 is 0 Å². The predicted octanol–water partition coefficient (Wildman–Crippen LogP) is 5.14. The summed E-state index contributed by atoms with van der Waals surface area (Å²) < 4.78 is 0.781. The average molecular weight is 359 g/mol. The molecule has 0 aromatic heterocycles. The minimum absolute atomic E-state index is 0.0634. The number of benzene rings is 1. The van der Waals surface area contributed by atoms with E-state index in [1.54, 1.807) is 0 Å². The molecule has 1 aliphatic heterocycles. The van der Waals surface area contributed by atoms with Crippen molar-refractivity contribution in [3.8, 4) is 0 Å². The van der Waals surface area contributed by atoms with Crippen molar-refractivity contribution in [2.75, 3.05) is 13.1 Å². The first-order valence-corrected chi connectivity index (χ1v) is 8.53. The Morgan fingerprint density at radius 2 is 2.20 bits per heavy atom. The number of rotatable bonds is 3. The van der Waals surface area contributed by atoms with Crippen LogP contribution in [-0.4, -0.2) is 23.9 Å². The highest BCUT2D eigenvalue weighted by molar-refractivity contribution is 9.10. The van der Waals surface area contributed by atoms with Crippen LogP contribution >= 0.6 is 27.5 Å². The molecule has 1 fully saturated rings. The maximum absolute atomic E-state index is 12.6. The summed E-state index contributed by atoms with van der Waals surface area (Å²) in [6.45, 7) is 3.93. The highest BCUT2D eigenvalue weighted by Crippen LogP contribution is 2.28. The molecule has 0 bridgehead atoms. The summed E-state index contributed by atoms with van der Waals surface area (Å²) in [4.78, 5) is 14.6. The van der Waals surface area contributed by atoms with Crippen LogP contribution in [0, 0.1) is 5.92 Å². The van der Waals surface area contributed by atoms with Gasteiger partial charge in [-0.25, -0.2) is 0 Å². The molecule has 1 atom stereocenters. The highest BCUT2D eigenvalue weighted by Gasteiger charge is 2.23. The maximum atomic E-state index is 12.6. The Bertz CT molecular complexity index is 478. The lowest BCUT2D eigenvalue weighted by atomic mass is 9.96. The molecule has 4 heteroatoms. The molecular weight excluding hydrogens is 338 g/mol. The van der Waals surface area contributed by atoms with E-state index in [1.807, 2.05) is 23.1 Å². The standard InChI is InChI=1S/C16H21BrClNO/c1-2-5-12-6-4-10-19(11-9-12)16(20)13-7-3-8-14(17)15(13)18/h3,7-8,12H,2,4-6,9-11H2,1H3. The van der Waals surface area contributed by atoms with Crippen LogP contribution in [0.1, 0.15) is 49.4 Å². The number of hydrogen-bond donors (Lipinski definition) is 0. The molecule has 110 valence electrons. The highest BCUT2D eigenvalue weighted by atomic mass is 79.9. The van der Waals surface area contributed by atoms with Crippen LogP contribution in [0.5, 0.6) is 0 Å². The van der Waals surface area contributed by atoms with Crippen LogP contribution in [0.25, 0.3) is 0 Å². The van der Waals surface area contributed by atoms with Crippen molar-refractivity contribution in [2.45, 2.75) is 39.0 Å². The molecular formula is C16H21BrClNO. The molecule has 0 saturated carbocycles. The average Bonchev–Trinajstić information content (AvgIpc) is 2.67. The first-order valence-electron chi connectivity index (χ1n) is 7.36. The normalized spacial score (nSPS) is 19.8. The third-order valence-corrected chi connectivity index (χ3v) is 5.31. The number of likely N-dealkylation sites (tertiary alicyclic amines) is 1. The van der Waals surface area contributed by atoms with Crippen molar-refractivity contribution in [3.63, 3.8) is 0 Å². The fourth-order valence-corrected chi connectivity index (χ4v) is 3.48. The Morgan fingerprint density at radius 1 is 1.40 bits per heavy atom. The largest absolute Gasteiger partial charge is 0.339 e. The van der Waals surface area contributed by atoms with Gasteiger partial charge in [0.25, 0.3) is 5.91 Å². The SMILES string of the molecule is CCCC1CCCN(C(=O)c2cccc(Br)c2Cl)CC1. The first kappa shape index (κ1) is 15.8. The second-order valence-corrected chi connectivity index (χ2v) is 6.71. The summed E-state index contributed by atoms with van der Waals surface area (Å²) in [6.07, 6.45) is 5.97. The molecule has 1 saturated heterocycles. The van der Waals surface area contributed by atoms with Gasteiger partial charge in [-0.1, -0.05) is 37.4 Å². The molecule has 0 radical (unpaired) electrons. The third kappa shape index (κ3) is 3.76. The fraction of sp³-hybridized carbons (Fsp3) is 0.562. The Morgan fingerprint density at radius 3 is 2.95 bits per heavy atom. The predicted molar refractivity (Wildman–Crippen MR) is 87.3 cm³/mol. The zero-order valence-electron chi connectivity index (χ0n) is 11.9. The van der Waals surface area contributed by atoms with Crippen LogP contribution in [-0.2, 0) is 0 Å². The zero-order valence-corrected chi connectivity index (χ0v) is 14.2. The summed E-state index contributed by atoms with van der Waals surface area (Å²) in [5, 5.41) is 0.520. The molecule has 1 heterocycles. The van der Waals surface area contributed by atoms with Gasteiger partial charge in [0.05, 0.1) is 10.6 Å². The van der Waals surface area contributed by atoms with Crippen LogP contribution in [0.2, 0.25) is 5.02 Å². The molecule has 0 N–H and O–H groups in total. The van der Waals surface area contributed by atoms with Gasteiger partial charge in [-0.3, -0.25) is 4.79 Å². The quantitative estimate of drug-likeness (QED) is 0.732. The van der Waals surface area contributed by atoms with Gasteiger partial charge in [0.2, 0.25) is 0 Å². The monoisotopic (exact) mass is 357 g/mol. The van der Waals surface area contributed by atoms with Crippen molar-refractivity contribution in [1.82, 2.24) is 4.90 Å². The third-order valence-electron chi connectivity index (χ3n) is 4.01. The molecule has 1 unspecified atom stereocenters. The maximum Gasteiger partial charge on any atom is 0.255 e. The van der Waals surface area contributed by atoms with Gasteiger partial charge in [0.1, 0.15) is 0 Å². The Balaban J connectivity index is 2.07. The van der Waals surface area contributed by atoms with E-state index < -0.39 is 0 Å². The van der Waals surface area contributed by atoms with Gasteiger partial charge in [-0.2, -0.15) is 0 Å². The summed E-state index contributed by atoms with van der Waals surface area (Å²) in [6, 6.07) is 5.53. The van der Waals surface area contributed by atoms with E-state index in [1.165, 1.54) is 19.3 Å². The lowest BCUT2D eigenvalue weighted by Crippen LogP contribution is -2.32. The molecule has 0 spiro atoms. The summed E-state index contributed by atoms with van der Waals surface area (Å²) in [7, 11) is 0. The Hall–Kier alpha value is -0.540. The number of nitrogens with zero attached hydrogens (tertiary/aromatic N) is 1. The van der Waals surface area contributed by atoms with Gasteiger partial charge in [-0.15, -0.1) is 0 Å². The molecule has 1 aromatic rings. The number of amides is 1. The second kappa shape index (κ2) is 7.46. The lowest BCUT2D eigenvalue weighted by Gasteiger charge is -2.21. The van der Waals surface area contributed by atoms with Crippen LogP contribution in [0.4, 0.5) is 0 Å². The first-order chi connectivity index (χ1) is 9.63. The van der Waals surface area contributed by atoms with E-state index in [0.717, 1.165) is 36.3 Å². The summed E-state index contributed by atoms with van der Waals surface area (Å²) >= 11 is 9.61. The van der Waals surface area contributed by atoms with E-state index in [0.29, 0.717) is 10.6 Å². The second-order valence-electron chi connectivity index (χ2n) is 5.48. The molecule has 1 aromatic carbocycles. The molecule has 0 aliphatic carbocycles. The van der Waals surface area contributed by atoms with Crippen molar-refractivity contribution in [2.24, 2.45) is 5.92 Å². The minimum Gasteiger partial charge on any atom is -0.339 e.